The Kier molecular flexibility index (Phi) is 7.37. The molecular formula is C30H26IN3S2. The maximum absolute atomic E-state index is 5.95. The Morgan fingerprint density at radius 1 is 0.806 bits per heavy atom. The van der Waals surface area contributed by atoms with Gasteiger partial charge < -0.3 is 15.5 Å². The highest BCUT2D eigenvalue weighted by Crippen LogP contribution is 2.48. The van der Waals surface area contributed by atoms with Gasteiger partial charge in [-0.05, 0) is 72.3 Å². The van der Waals surface area contributed by atoms with Crippen LogP contribution in [0.2, 0.25) is 0 Å². The standard InChI is InChI=1S/C30H25N3S2.HI/c1-32-27-13-7-8-14-28(27)35-29(32)19-21-20-30(34-24-17-15-22(31)16-18-24)33(23-9-3-2-4-10-23)26-12-6-5-11-25(21)26;/h2-20,29H,31H2,1H3;1H. The van der Waals surface area contributed by atoms with E-state index in [1.807, 2.05) is 23.9 Å². The first kappa shape index (κ1) is 24.9. The summed E-state index contributed by atoms with van der Waals surface area (Å²) in [7, 11) is 2.18. The lowest BCUT2D eigenvalue weighted by Gasteiger charge is -2.33. The largest absolute Gasteiger partial charge is 0.399 e. The van der Waals surface area contributed by atoms with Gasteiger partial charge in [-0.3, -0.25) is 0 Å². The van der Waals surface area contributed by atoms with Crippen molar-refractivity contribution in [3.63, 3.8) is 0 Å². The number of benzene rings is 4. The Labute approximate surface area is 238 Å². The summed E-state index contributed by atoms with van der Waals surface area (Å²) in [5.74, 6) is 0. The summed E-state index contributed by atoms with van der Waals surface area (Å²) in [4.78, 5) is 7.20. The molecule has 0 saturated carbocycles. The van der Waals surface area contributed by atoms with Crippen LogP contribution in [0.25, 0.3) is 5.57 Å². The predicted octanol–water partition coefficient (Wildman–Crippen LogP) is 8.62. The number of fused-ring (bicyclic) bond motifs is 2. The highest BCUT2D eigenvalue weighted by Gasteiger charge is 2.29. The molecule has 4 aromatic rings. The van der Waals surface area contributed by atoms with E-state index in [1.165, 1.54) is 27.4 Å². The van der Waals surface area contributed by atoms with Gasteiger partial charge in [0.05, 0.1) is 21.8 Å². The zero-order valence-electron chi connectivity index (χ0n) is 19.7. The van der Waals surface area contributed by atoms with E-state index in [9.17, 15) is 0 Å². The molecule has 0 fully saturated rings. The quantitative estimate of drug-likeness (QED) is 0.183. The van der Waals surface area contributed by atoms with E-state index < -0.39 is 0 Å². The topological polar surface area (TPSA) is 32.5 Å². The number of allylic oxidation sites excluding steroid dienone is 2. The van der Waals surface area contributed by atoms with E-state index in [4.69, 9.17) is 5.73 Å². The van der Waals surface area contributed by atoms with Gasteiger partial charge in [-0.15, -0.1) is 24.0 Å². The summed E-state index contributed by atoms with van der Waals surface area (Å²) >= 11 is 3.66. The normalized spacial score (nSPS) is 17.3. The van der Waals surface area contributed by atoms with E-state index in [1.54, 1.807) is 11.8 Å². The van der Waals surface area contributed by atoms with Crippen molar-refractivity contribution in [2.45, 2.75) is 15.2 Å². The summed E-state index contributed by atoms with van der Waals surface area (Å²) in [6.07, 6.45) is 4.73. The van der Waals surface area contributed by atoms with Crippen molar-refractivity contribution in [1.82, 2.24) is 0 Å². The molecule has 4 aromatic carbocycles. The average molecular weight is 620 g/mol. The van der Waals surface area contributed by atoms with Crippen molar-refractivity contribution in [2.24, 2.45) is 0 Å². The van der Waals surface area contributed by atoms with Crippen LogP contribution in [0.15, 0.2) is 130 Å². The van der Waals surface area contributed by atoms with Crippen LogP contribution in [0.3, 0.4) is 0 Å². The third-order valence-corrected chi connectivity index (χ3v) is 8.58. The highest BCUT2D eigenvalue weighted by atomic mass is 127. The number of nitrogens with zero attached hydrogens (tertiary/aromatic N) is 2. The van der Waals surface area contributed by atoms with Crippen LogP contribution in [-0.2, 0) is 0 Å². The molecule has 180 valence electrons. The zero-order chi connectivity index (χ0) is 23.8. The van der Waals surface area contributed by atoms with Crippen molar-refractivity contribution in [2.75, 3.05) is 22.6 Å². The third kappa shape index (κ3) is 4.77. The Hall–Kier alpha value is -2.81. The predicted molar refractivity (Wildman–Crippen MR) is 168 cm³/mol. The lowest BCUT2D eigenvalue weighted by molar-refractivity contribution is 0.991. The van der Waals surface area contributed by atoms with Crippen LogP contribution in [0.1, 0.15) is 5.56 Å². The number of thioether (sulfide) groups is 2. The second-order valence-electron chi connectivity index (χ2n) is 8.55. The van der Waals surface area contributed by atoms with Gasteiger partial charge in [0.1, 0.15) is 0 Å². The summed E-state index contributed by atoms with van der Waals surface area (Å²) in [6.45, 7) is 0. The first-order valence-electron chi connectivity index (χ1n) is 11.6. The Morgan fingerprint density at radius 3 is 2.22 bits per heavy atom. The van der Waals surface area contributed by atoms with E-state index >= 15 is 0 Å². The van der Waals surface area contributed by atoms with Gasteiger partial charge >= 0.3 is 0 Å². The van der Waals surface area contributed by atoms with Crippen molar-refractivity contribution < 1.29 is 0 Å². The molecular weight excluding hydrogens is 593 g/mol. The molecule has 2 N–H and O–H groups in total. The SMILES string of the molecule is CN1c2ccccc2SC1C=C1C=C(Sc2ccc(N)cc2)N(c2ccccc2)c2ccccc21.I. The first-order valence-corrected chi connectivity index (χ1v) is 13.3. The summed E-state index contributed by atoms with van der Waals surface area (Å²) in [6, 6.07) is 36.0. The third-order valence-electron chi connectivity index (χ3n) is 6.27. The number of para-hydroxylation sites is 3. The van der Waals surface area contributed by atoms with Gasteiger partial charge in [0.2, 0.25) is 0 Å². The minimum Gasteiger partial charge on any atom is -0.399 e. The second-order valence-corrected chi connectivity index (χ2v) is 10.8. The molecule has 0 aliphatic carbocycles. The molecule has 1 atom stereocenters. The molecule has 1 unspecified atom stereocenters. The number of hydrogen-bond acceptors (Lipinski definition) is 5. The Morgan fingerprint density at radius 2 is 1.47 bits per heavy atom. The number of nitrogen functional groups attached to an aromatic ring is 1. The van der Waals surface area contributed by atoms with Crippen LogP contribution in [-0.4, -0.2) is 12.4 Å². The van der Waals surface area contributed by atoms with Gasteiger partial charge in [0, 0.05) is 33.8 Å². The van der Waals surface area contributed by atoms with E-state index in [-0.39, 0.29) is 29.4 Å². The number of nitrogens with two attached hydrogens (primary N) is 1. The van der Waals surface area contributed by atoms with Gasteiger partial charge in [-0.25, -0.2) is 0 Å². The number of rotatable bonds is 4. The van der Waals surface area contributed by atoms with E-state index in [0.717, 1.165) is 21.3 Å². The van der Waals surface area contributed by atoms with Crippen LogP contribution in [0.5, 0.6) is 0 Å². The summed E-state index contributed by atoms with van der Waals surface area (Å²) < 4.78 is 0. The second kappa shape index (κ2) is 10.7. The average Bonchev–Trinajstić information content (AvgIpc) is 3.21. The van der Waals surface area contributed by atoms with Gasteiger partial charge in [0.15, 0.2) is 0 Å². The molecule has 2 aliphatic rings. The Balaban J connectivity index is 0.00000267. The highest BCUT2D eigenvalue weighted by molar-refractivity contribution is 14.0. The molecule has 0 aromatic heterocycles. The van der Waals surface area contributed by atoms with Crippen molar-refractivity contribution >= 4 is 75.8 Å². The Bertz CT molecular complexity index is 1430. The molecule has 0 amide bonds. The fourth-order valence-corrected chi connectivity index (χ4v) is 6.74. The molecule has 6 heteroatoms. The van der Waals surface area contributed by atoms with Gasteiger partial charge in [0.25, 0.3) is 0 Å². The maximum Gasteiger partial charge on any atom is 0.0988 e. The number of likely N-dealkylation sites (N-methyl/N-ethyl adjacent to an activating group) is 1. The molecule has 0 radical (unpaired) electrons. The minimum absolute atomic E-state index is 0. The van der Waals surface area contributed by atoms with Crippen molar-refractivity contribution in [3.05, 3.63) is 126 Å². The minimum atomic E-state index is 0. The molecule has 0 bridgehead atoms. The molecule has 2 heterocycles. The van der Waals surface area contributed by atoms with Crippen LogP contribution in [0, 0.1) is 0 Å². The molecule has 2 aliphatic heterocycles. The molecule has 0 saturated heterocycles. The number of halogens is 1. The van der Waals surface area contributed by atoms with Crippen molar-refractivity contribution in [3.8, 4) is 0 Å². The maximum atomic E-state index is 5.95. The lowest BCUT2D eigenvalue weighted by atomic mass is 9.98. The summed E-state index contributed by atoms with van der Waals surface area (Å²) in [5.41, 5.74) is 12.8. The van der Waals surface area contributed by atoms with E-state index in [0.29, 0.717) is 0 Å². The fraction of sp³-hybridized carbons (Fsp3) is 0.0667. The van der Waals surface area contributed by atoms with Crippen LogP contribution in [0.4, 0.5) is 22.7 Å². The fourth-order valence-electron chi connectivity index (χ4n) is 4.51. The van der Waals surface area contributed by atoms with Crippen LogP contribution < -0.4 is 15.5 Å². The monoisotopic (exact) mass is 619 g/mol. The smallest absolute Gasteiger partial charge is 0.0988 e. The first-order chi connectivity index (χ1) is 17.2. The molecule has 36 heavy (non-hydrogen) atoms. The van der Waals surface area contributed by atoms with Gasteiger partial charge in [-0.1, -0.05) is 72.1 Å². The zero-order valence-corrected chi connectivity index (χ0v) is 23.7. The molecule has 0 spiro atoms. The molecule has 3 nitrogen and oxygen atoms in total. The van der Waals surface area contributed by atoms with E-state index in [2.05, 4.69) is 120 Å². The molecule has 6 rings (SSSR count). The van der Waals surface area contributed by atoms with Crippen LogP contribution >= 0.6 is 47.5 Å². The number of hydrogen-bond donors (Lipinski definition) is 1. The van der Waals surface area contributed by atoms with Crippen molar-refractivity contribution in [1.29, 1.82) is 0 Å². The lowest BCUT2D eigenvalue weighted by Crippen LogP contribution is -2.24. The van der Waals surface area contributed by atoms with Gasteiger partial charge in [-0.2, -0.15) is 0 Å². The number of anilines is 4. The summed E-state index contributed by atoms with van der Waals surface area (Å²) in [5, 5.41) is 1.40.